The molecule has 0 aliphatic heterocycles. The number of aromatic nitrogens is 2. The Balaban J connectivity index is 1.91. The van der Waals surface area contributed by atoms with E-state index in [-0.39, 0.29) is 6.04 Å². The third-order valence-electron chi connectivity index (χ3n) is 2.79. The average Bonchev–Trinajstić information content (AvgIpc) is 2.87. The van der Waals surface area contributed by atoms with Gasteiger partial charge in [-0.1, -0.05) is 36.2 Å². The fourth-order valence-corrected chi connectivity index (χ4v) is 2.44. The number of thioether (sulfide) groups is 1. The van der Waals surface area contributed by atoms with Gasteiger partial charge in [-0.25, -0.2) is 0 Å². The first-order chi connectivity index (χ1) is 9.19. The summed E-state index contributed by atoms with van der Waals surface area (Å²) in [5, 5.41) is 3.97. The molecule has 0 radical (unpaired) electrons. The lowest BCUT2D eigenvalue weighted by Crippen LogP contribution is -2.10. The van der Waals surface area contributed by atoms with Gasteiger partial charge >= 0.3 is 0 Å². The van der Waals surface area contributed by atoms with Crippen molar-refractivity contribution in [1.82, 2.24) is 10.1 Å². The van der Waals surface area contributed by atoms with Crippen LogP contribution in [0.25, 0.3) is 0 Å². The summed E-state index contributed by atoms with van der Waals surface area (Å²) in [6, 6.07) is 8.26. The molecule has 5 heteroatoms. The van der Waals surface area contributed by atoms with E-state index < -0.39 is 0 Å². The van der Waals surface area contributed by atoms with Gasteiger partial charge in [0.1, 0.15) is 0 Å². The van der Waals surface area contributed by atoms with Crippen molar-refractivity contribution in [2.45, 2.75) is 43.4 Å². The van der Waals surface area contributed by atoms with Crippen LogP contribution in [0.4, 0.5) is 0 Å². The Morgan fingerprint density at radius 3 is 2.74 bits per heavy atom. The van der Waals surface area contributed by atoms with E-state index in [0.717, 1.165) is 12.8 Å². The molecule has 2 rings (SSSR count). The average molecular weight is 277 g/mol. The van der Waals surface area contributed by atoms with E-state index in [2.05, 4.69) is 48.3 Å². The molecule has 1 unspecified atom stereocenters. The summed E-state index contributed by atoms with van der Waals surface area (Å²) in [5.74, 6) is 1.94. The number of hydrogen-bond donors (Lipinski definition) is 1. The molecule has 0 fully saturated rings. The van der Waals surface area contributed by atoms with Gasteiger partial charge in [-0.15, -0.1) is 11.8 Å². The second kappa shape index (κ2) is 6.73. The van der Waals surface area contributed by atoms with Gasteiger partial charge in [0.15, 0.2) is 5.82 Å². The molecule has 0 aliphatic carbocycles. The van der Waals surface area contributed by atoms with Crippen molar-refractivity contribution in [2.75, 3.05) is 0 Å². The molecule has 2 aromatic rings. The van der Waals surface area contributed by atoms with Gasteiger partial charge in [-0.3, -0.25) is 0 Å². The second-order valence-corrected chi connectivity index (χ2v) is 5.59. The molecular formula is C14H19N3OS. The highest BCUT2D eigenvalue weighted by molar-refractivity contribution is 7.98. The number of rotatable bonds is 6. The zero-order valence-electron chi connectivity index (χ0n) is 11.3. The van der Waals surface area contributed by atoms with Gasteiger partial charge in [-0.2, -0.15) is 4.98 Å². The van der Waals surface area contributed by atoms with Gasteiger partial charge in [0.25, 0.3) is 0 Å². The van der Waals surface area contributed by atoms with E-state index in [1.165, 1.54) is 10.5 Å². The third kappa shape index (κ3) is 4.08. The summed E-state index contributed by atoms with van der Waals surface area (Å²) < 4.78 is 5.19. The second-order valence-electron chi connectivity index (χ2n) is 4.55. The number of benzene rings is 1. The van der Waals surface area contributed by atoms with Crippen LogP contribution in [-0.2, 0) is 5.75 Å². The maximum absolute atomic E-state index is 5.94. The molecule has 1 atom stereocenters. The van der Waals surface area contributed by atoms with Crippen LogP contribution in [0.2, 0.25) is 0 Å². The quantitative estimate of drug-likeness (QED) is 0.819. The summed E-state index contributed by atoms with van der Waals surface area (Å²) in [6.45, 7) is 4.17. The Bertz CT molecular complexity index is 510. The van der Waals surface area contributed by atoms with Crippen molar-refractivity contribution in [1.29, 1.82) is 0 Å². The van der Waals surface area contributed by atoms with Crippen LogP contribution >= 0.6 is 11.8 Å². The van der Waals surface area contributed by atoms with Crippen LogP contribution in [-0.4, -0.2) is 10.1 Å². The summed E-state index contributed by atoms with van der Waals surface area (Å²) in [4.78, 5) is 5.54. The van der Waals surface area contributed by atoms with Crippen molar-refractivity contribution in [3.8, 4) is 0 Å². The first-order valence-corrected chi connectivity index (χ1v) is 7.45. The predicted octanol–water partition coefficient (Wildman–Crippen LogP) is 3.47. The highest BCUT2D eigenvalue weighted by atomic mass is 32.2. The summed E-state index contributed by atoms with van der Waals surface area (Å²) in [6.07, 6.45) is 1.88. The molecule has 19 heavy (non-hydrogen) atoms. The Kier molecular flexibility index (Phi) is 4.99. The number of aryl methyl sites for hydroxylation is 1. The summed E-state index contributed by atoms with van der Waals surface area (Å²) >= 11 is 1.69. The van der Waals surface area contributed by atoms with E-state index in [0.29, 0.717) is 17.5 Å². The maximum Gasteiger partial charge on any atom is 0.243 e. The molecule has 0 saturated carbocycles. The topological polar surface area (TPSA) is 64.9 Å². The zero-order valence-corrected chi connectivity index (χ0v) is 12.1. The smallest absolute Gasteiger partial charge is 0.243 e. The van der Waals surface area contributed by atoms with Crippen molar-refractivity contribution < 1.29 is 4.52 Å². The molecule has 2 N–H and O–H groups in total. The summed E-state index contributed by atoms with van der Waals surface area (Å²) in [7, 11) is 0. The van der Waals surface area contributed by atoms with Crippen LogP contribution in [0.3, 0.4) is 0 Å². The van der Waals surface area contributed by atoms with E-state index >= 15 is 0 Å². The van der Waals surface area contributed by atoms with E-state index in [4.69, 9.17) is 10.3 Å². The van der Waals surface area contributed by atoms with E-state index in [1.807, 2.05) is 0 Å². The van der Waals surface area contributed by atoms with Gasteiger partial charge in [0.05, 0.1) is 11.8 Å². The molecule has 0 aliphatic rings. The fraction of sp³-hybridized carbons (Fsp3) is 0.429. The Morgan fingerprint density at radius 2 is 2.05 bits per heavy atom. The number of nitrogens with zero attached hydrogens (tertiary/aromatic N) is 2. The predicted molar refractivity (Wildman–Crippen MR) is 76.9 cm³/mol. The molecular weight excluding hydrogens is 258 g/mol. The van der Waals surface area contributed by atoms with E-state index in [1.54, 1.807) is 11.8 Å². The highest BCUT2D eigenvalue weighted by Crippen LogP contribution is 2.22. The summed E-state index contributed by atoms with van der Waals surface area (Å²) in [5.41, 5.74) is 7.20. The minimum absolute atomic E-state index is 0.143. The Labute approximate surface area is 117 Å². The lowest BCUT2D eigenvalue weighted by Gasteiger charge is -2.02. The first kappa shape index (κ1) is 14.1. The van der Waals surface area contributed by atoms with Gasteiger partial charge in [-0.05, 0) is 25.5 Å². The van der Waals surface area contributed by atoms with Crippen LogP contribution in [0.15, 0.2) is 33.7 Å². The maximum atomic E-state index is 5.94. The number of nitrogens with two attached hydrogens (primary N) is 1. The SMILES string of the molecule is CCCC(N)c1nc(CSc2ccc(C)cc2)no1. The van der Waals surface area contributed by atoms with Gasteiger partial charge in [0.2, 0.25) is 5.89 Å². The van der Waals surface area contributed by atoms with Crippen molar-refractivity contribution in [3.63, 3.8) is 0 Å². The molecule has 0 spiro atoms. The van der Waals surface area contributed by atoms with Gasteiger partial charge in [0, 0.05) is 4.90 Å². The zero-order chi connectivity index (χ0) is 13.7. The molecule has 4 nitrogen and oxygen atoms in total. The van der Waals surface area contributed by atoms with Gasteiger partial charge < -0.3 is 10.3 Å². The monoisotopic (exact) mass is 277 g/mol. The van der Waals surface area contributed by atoms with Crippen molar-refractivity contribution in [2.24, 2.45) is 5.73 Å². The Morgan fingerprint density at radius 1 is 1.32 bits per heavy atom. The van der Waals surface area contributed by atoms with Crippen LogP contribution < -0.4 is 5.73 Å². The molecule has 1 aromatic heterocycles. The minimum atomic E-state index is -0.143. The highest BCUT2D eigenvalue weighted by Gasteiger charge is 2.13. The lowest BCUT2D eigenvalue weighted by molar-refractivity contribution is 0.345. The minimum Gasteiger partial charge on any atom is -0.338 e. The number of hydrogen-bond acceptors (Lipinski definition) is 5. The standard InChI is InChI=1S/C14H19N3OS/c1-3-4-12(15)14-16-13(17-18-14)9-19-11-7-5-10(2)6-8-11/h5-8,12H,3-4,9,15H2,1-2H3. The van der Waals surface area contributed by atoms with Crippen molar-refractivity contribution >= 4 is 11.8 Å². The van der Waals surface area contributed by atoms with Crippen LogP contribution in [0.5, 0.6) is 0 Å². The fourth-order valence-electron chi connectivity index (χ4n) is 1.69. The Hall–Kier alpha value is -1.33. The van der Waals surface area contributed by atoms with Crippen LogP contribution in [0, 0.1) is 6.92 Å². The molecule has 102 valence electrons. The normalized spacial score (nSPS) is 12.6. The molecule has 1 heterocycles. The van der Waals surface area contributed by atoms with Crippen LogP contribution in [0.1, 0.15) is 43.1 Å². The lowest BCUT2D eigenvalue weighted by atomic mass is 10.2. The largest absolute Gasteiger partial charge is 0.338 e. The molecule has 0 saturated heterocycles. The molecule has 0 amide bonds. The molecule has 0 bridgehead atoms. The molecule has 1 aromatic carbocycles. The third-order valence-corrected chi connectivity index (χ3v) is 3.80. The van der Waals surface area contributed by atoms with E-state index in [9.17, 15) is 0 Å². The first-order valence-electron chi connectivity index (χ1n) is 6.46. The van der Waals surface area contributed by atoms with Crippen molar-refractivity contribution in [3.05, 3.63) is 41.5 Å².